The molecule has 0 bridgehead atoms. The molecule has 4 nitrogen and oxygen atoms in total. The number of hydrogen-bond acceptors (Lipinski definition) is 4. The van der Waals surface area contributed by atoms with E-state index in [0.717, 1.165) is 11.8 Å². The second-order valence-electron chi connectivity index (χ2n) is 2.92. The minimum Gasteiger partial charge on any atom is -0.481 e. The lowest BCUT2D eigenvalue weighted by molar-refractivity contribution is -0.136. The van der Waals surface area contributed by atoms with Crippen LogP contribution in [0.3, 0.4) is 0 Å². The van der Waals surface area contributed by atoms with Crippen LogP contribution in [0.15, 0.2) is 20.0 Å². The van der Waals surface area contributed by atoms with Crippen LogP contribution in [0, 0.1) is 0 Å². The zero-order valence-electron chi connectivity index (χ0n) is 8.13. The summed E-state index contributed by atoms with van der Waals surface area (Å²) < 4.78 is 0. The minimum absolute atomic E-state index is 0.0627. The Balaban J connectivity index is 2.88. The smallest absolute Gasteiger partial charge is 0.304 e. The van der Waals surface area contributed by atoms with Gasteiger partial charge in [-0.1, -0.05) is 34.8 Å². The highest BCUT2D eigenvalue weighted by Gasteiger charge is 2.32. The van der Waals surface area contributed by atoms with Crippen molar-refractivity contribution in [2.45, 2.75) is 6.42 Å². The highest BCUT2D eigenvalue weighted by Crippen LogP contribution is 2.36. The first-order valence-corrected chi connectivity index (χ1v) is 6.37. The highest BCUT2D eigenvalue weighted by molar-refractivity contribution is 8.04. The summed E-state index contributed by atoms with van der Waals surface area (Å²) in [6.07, 6.45) is -0.158. The lowest BCUT2D eigenvalue weighted by Gasteiger charge is -2.13. The maximum absolute atomic E-state index is 11.6. The Kier molecular flexibility index (Phi) is 5.06. The van der Waals surface area contributed by atoms with Gasteiger partial charge in [-0.05, 0) is 0 Å². The third-order valence-electron chi connectivity index (χ3n) is 1.76. The second kappa shape index (κ2) is 5.91. The fourth-order valence-electron chi connectivity index (χ4n) is 0.967. The maximum atomic E-state index is 11.6. The Morgan fingerprint density at radius 1 is 1.06 bits per heavy atom. The van der Waals surface area contributed by atoms with Gasteiger partial charge >= 0.3 is 5.97 Å². The molecule has 1 aliphatic carbocycles. The quantitative estimate of drug-likeness (QED) is 0.807. The maximum Gasteiger partial charge on any atom is 0.304 e. The van der Waals surface area contributed by atoms with Crippen LogP contribution >= 0.6 is 46.6 Å². The fourth-order valence-corrected chi connectivity index (χ4v) is 2.71. The summed E-state index contributed by atoms with van der Waals surface area (Å²) in [5.41, 5.74) is 0. The molecule has 8 heteroatoms. The van der Waals surface area contributed by atoms with Crippen molar-refractivity contribution in [2.24, 2.45) is 0 Å². The number of Topliss-reactive ketones (excluding diaryl/α,β-unsaturated/α-hetero) is 2. The van der Waals surface area contributed by atoms with Crippen molar-refractivity contribution in [2.75, 3.05) is 5.75 Å². The molecule has 0 radical (unpaired) electrons. The third-order valence-corrected chi connectivity index (χ3v) is 4.14. The predicted octanol–water partition coefficient (Wildman–Crippen LogP) is 2.49. The molecule has 0 heterocycles. The molecule has 0 saturated heterocycles. The number of carbonyl (C=O) groups is 3. The van der Waals surface area contributed by atoms with Gasteiger partial charge in [-0.3, -0.25) is 14.4 Å². The van der Waals surface area contributed by atoms with Crippen molar-refractivity contribution in [3.63, 3.8) is 0 Å². The van der Waals surface area contributed by atoms with Crippen LogP contribution in [0.5, 0.6) is 0 Å². The number of rotatable bonds is 4. The van der Waals surface area contributed by atoms with Crippen molar-refractivity contribution in [1.82, 2.24) is 0 Å². The molecule has 17 heavy (non-hydrogen) atoms. The Morgan fingerprint density at radius 3 is 2.12 bits per heavy atom. The Bertz CT molecular complexity index is 467. The summed E-state index contributed by atoms with van der Waals surface area (Å²) >= 11 is 17.6. The van der Waals surface area contributed by atoms with Gasteiger partial charge < -0.3 is 5.11 Å². The van der Waals surface area contributed by atoms with Crippen LogP contribution in [0.25, 0.3) is 0 Å². The summed E-state index contributed by atoms with van der Waals surface area (Å²) in [7, 11) is 0. The number of halogens is 3. The number of ketones is 2. The summed E-state index contributed by atoms with van der Waals surface area (Å²) in [6, 6.07) is 0. The molecule has 92 valence electrons. The Morgan fingerprint density at radius 2 is 1.59 bits per heavy atom. The average Bonchev–Trinajstić information content (AvgIpc) is 2.28. The largest absolute Gasteiger partial charge is 0.481 e. The summed E-state index contributed by atoms with van der Waals surface area (Å²) in [6.45, 7) is 0. The first kappa shape index (κ1) is 14.6. The van der Waals surface area contributed by atoms with E-state index in [9.17, 15) is 14.4 Å². The van der Waals surface area contributed by atoms with Gasteiger partial charge in [-0.25, -0.2) is 0 Å². The van der Waals surface area contributed by atoms with Gasteiger partial charge in [0.2, 0.25) is 11.6 Å². The van der Waals surface area contributed by atoms with E-state index in [1.165, 1.54) is 0 Å². The molecule has 1 N–H and O–H groups in total. The van der Waals surface area contributed by atoms with Gasteiger partial charge in [0.15, 0.2) is 0 Å². The molecular weight excluding hydrogens is 311 g/mol. The number of aliphatic carboxylic acids is 1. The lowest BCUT2D eigenvalue weighted by Crippen LogP contribution is -2.16. The monoisotopic (exact) mass is 314 g/mol. The number of allylic oxidation sites excluding steroid dienone is 4. The standard InChI is InChI=1S/C9H5Cl3O4S/c10-4-5(11)8(16)9(6(12)7(4)15)17-2-1-3(13)14/h1-2H2,(H,13,14). The van der Waals surface area contributed by atoms with Crippen LogP contribution < -0.4 is 0 Å². The number of thioether (sulfide) groups is 1. The summed E-state index contributed by atoms with van der Waals surface area (Å²) in [4.78, 5) is 33.3. The first-order chi connectivity index (χ1) is 7.86. The van der Waals surface area contributed by atoms with Crippen LogP contribution in [0.2, 0.25) is 0 Å². The van der Waals surface area contributed by atoms with Crippen LogP contribution in [0.4, 0.5) is 0 Å². The molecule has 0 saturated carbocycles. The highest BCUT2D eigenvalue weighted by atomic mass is 35.5. The molecule has 0 unspecified atom stereocenters. The zero-order valence-corrected chi connectivity index (χ0v) is 11.2. The topological polar surface area (TPSA) is 71.4 Å². The van der Waals surface area contributed by atoms with Crippen LogP contribution in [-0.4, -0.2) is 28.4 Å². The lowest BCUT2D eigenvalue weighted by atomic mass is 10.1. The molecule has 0 aromatic rings. The average molecular weight is 316 g/mol. The van der Waals surface area contributed by atoms with Gasteiger partial charge in [-0.2, -0.15) is 0 Å². The van der Waals surface area contributed by atoms with Gasteiger partial charge in [0, 0.05) is 5.75 Å². The van der Waals surface area contributed by atoms with E-state index < -0.39 is 22.6 Å². The minimum atomic E-state index is -1.01. The van der Waals surface area contributed by atoms with Crippen molar-refractivity contribution >= 4 is 64.1 Å². The molecule has 0 aromatic carbocycles. The van der Waals surface area contributed by atoms with Gasteiger partial charge in [0.25, 0.3) is 0 Å². The van der Waals surface area contributed by atoms with E-state index in [0.29, 0.717) is 0 Å². The molecule has 0 spiro atoms. The molecule has 0 fully saturated rings. The molecule has 0 aliphatic heterocycles. The van der Waals surface area contributed by atoms with E-state index >= 15 is 0 Å². The summed E-state index contributed by atoms with van der Waals surface area (Å²) in [5, 5.41) is 7.33. The molecule has 0 amide bonds. The van der Waals surface area contributed by atoms with Gasteiger partial charge in [0.1, 0.15) is 15.1 Å². The van der Waals surface area contributed by atoms with E-state index in [1.807, 2.05) is 0 Å². The van der Waals surface area contributed by atoms with Crippen molar-refractivity contribution in [3.8, 4) is 0 Å². The second-order valence-corrected chi connectivity index (χ2v) is 5.16. The van der Waals surface area contributed by atoms with E-state index in [2.05, 4.69) is 0 Å². The Hall–Kier alpha value is -0.490. The normalized spacial score (nSPS) is 16.9. The van der Waals surface area contributed by atoms with Crippen LogP contribution in [-0.2, 0) is 14.4 Å². The first-order valence-electron chi connectivity index (χ1n) is 4.25. The molecule has 0 atom stereocenters. The van der Waals surface area contributed by atoms with E-state index in [-0.39, 0.29) is 27.1 Å². The van der Waals surface area contributed by atoms with Crippen molar-refractivity contribution < 1.29 is 19.5 Å². The van der Waals surface area contributed by atoms with Gasteiger partial charge in [-0.15, -0.1) is 11.8 Å². The molecule has 1 aliphatic rings. The van der Waals surface area contributed by atoms with E-state index in [1.54, 1.807) is 0 Å². The SMILES string of the molecule is O=C(O)CCSC1=C(Cl)C(=O)C(Cl)=C(Cl)C1=O. The molecular formula is C9H5Cl3O4S. The molecule has 1 rings (SSSR count). The number of carbonyl (C=O) groups excluding carboxylic acids is 2. The predicted molar refractivity (Wildman–Crippen MR) is 66.3 cm³/mol. The fraction of sp³-hybridized carbons (Fsp3) is 0.222. The summed E-state index contributed by atoms with van der Waals surface area (Å²) in [5.74, 6) is -2.28. The zero-order chi connectivity index (χ0) is 13.2. The number of carboxylic acids is 1. The van der Waals surface area contributed by atoms with Gasteiger partial charge in [0.05, 0.1) is 11.3 Å². The van der Waals surface area contributed by atoms with Crippen molar-refractivity contribution in [3.05, 3.63) is 20.0 Å². The Labute approximate surface area is 116 Å². The van der Waals surface area contributed by atoms with E-state index in [4.69, 9.17) is 39.9 Å². The van der Waals surface area contributed by atoms with Crippen molar-refractivity contribution in [1.29, 1.82) is 0 Å². The molecule has 0 aromatic heterocycles. The number of carboxylic acid groups (broad SMARTS) is 1. The van der Waals surface area contributed by atoms with Crippen LogP contribution in [0.1, 0.15) is 6.42 Å². The third kappa shape index (κ3) is 3.25. The number of hydrogen-bond donors (Lipinski definition) is 1.